The molecule has 0 radical (unpaired) electrons. The lowest BCUT2D eigenvalue weighted by molar-refractivity contribution is -0.143. The van der Waals surface area contributed by atoms with Gasteiger partial charge in [0.05, 0.1) is 4.90 Å². The summed E-state index contributed by atoms with van der Waals surface area (Å²) in [7, 11) is -3.43. The van der Waals surface area contributed by atoms with Gasteiger partial charge in [-0.2, -0.15) is 0 Å². The van der Waals surface area contributed by atoms with Crippen LogP contribution in [0.3, 0.4) is 0 Å². The molecule has 2 rings (SSSR count). The molecule has 0 aromatic heterocycles. The summed E-state index contributed by atoms with van der Waals surface area (Å²) in [5.74, 6) is -1.42. The fourth-order valence-corrected chi connectivity index (χ4v) is 3.53. The zero-order chi connectivity index (χ0) is 17.2. The first-order chi connectivity index (χ1) is 10.8. The zero-order valence-corrected chi connectivity index (χ0v) is 14.1. The lowest BCUT2D eigenvalue weighted by Crippen LogP contribution is -2.48. The third-order valence-electron chi connectivity index (χ3n) is 4.17. The summed E-state index contributed by atoms with van der Waals surface area (Å²) in [6, 6.07) is 3.63. The number of rotatable bonds is 4. The number of benzene rings is 1. The number of likely N-dealkylation sites (tertiary alicyclic amines) is 1. The molecule has 1 aliphatic heterocycles. The number of amides is 1. The lowest BCUT2D eigenvalue weighted by atomic mass is 9.98. The Balaban J connectivity index is 2.46. The van der Waals surface area contributed by atoms with Crippen LogP contribution in [0.5, 0.6) is 0 Å². The van der Waals surface area contributed by atoms with Crippen molar-refractivity contribution >= 4 is 21.7 Å². The van der Waals surface area contributed by atoms with Crippen LogP contribution in [0.4, 0.5) is 0 Å². The van der Waals surface area contributed by atoms with Crippen molar-refractivity contribution in [2.45, 2.75) is 43.5 Å². The van der Waals surface area contributed by atoms with E-state index < -0.39 is 27.8 Å². The van der Waals surface area contributed by atoms with E-state index in [0.717, 1.165) is 24.7 Å². The molecule has 6 nitrogen and oxygen atoms in total. The minimum atomic E-state index is -3.43. The molecule has 1 amide bonds. The highest BCUT2D eigenvalue weighted by Gasteiger charge is 2.33. The molecule has 1 N–H and O–H groups in total. The maximum atomic E-state index is 12.8. The van der Waals surface area contributed by atoms with Crippen molar-refractivity contribution in [1.29, 1.82) is 0 Å². The minimum absolute atomic E-state index is 0.0712. The Labute approximate surface area is 136 Å². The van der Waals surface area contributed by atoms with Gasteiger partial charge in [-0.3, -0.25) is 4.79 Å². The van der Waals surface area contributed by atoms with Crippen molar-refractivity contribution in [1.82, 2.24) is 4.90 Å². The largest absolute Gasteiger partial charge is 0.480 e. The van der Waals surface area contributed by atoms with Crippen LogP contribution >= 0.6 is 0 Å². The zero-order valence-electron chi connectivity index (χ0n) is 13.3. The Bertz CT molecular complexity index is 726. The van der Waals surface area contributed by atoms with Crippen molar-refractivity contribution < 1.29 is 23.1 Å². The van der Waals surface area contributed by atoms with Gasteiger partial charge in [0, 0.05) is 18.4 Å². The number of nitrogens with zero attached hydrogens (tertiary/aromatic N) is 1. The molecule has 1 aromatic rings. The summed E-state index contributed by atoms with van der Waals surface area (Å²) in [6.45, 7) is 2.25. The highest BCUT2D eigenvalue weighted by molar-refractivity contribution is 7.90. The number of carboxylic acid groups (broad SMARTS) is 1. The summed E-state index contributed by atoms with van der Waals surface area (Å²) < 4.78 is 23.5. The van der Waals surface area contributed by atoms with Gasteiger partial charge in [-0.15, -0.1) is 0 Å². The molecule has 0 saturated carbocycles. The molecule has 126 valence electrons. The van der Waals surface area contributed by atoms with Gasteiger partial charge < -0.3 is 10.0 Å². The first-order valence-electron chi connectivity index (χ1n) is 7.62. The van der Waals surface area contributed by atoms with E-state index in [2.05, 4.69) is 0 Å². The van der Waals surface area contributed by atoms with E-state index in [-0.39, 0.29) is 10.5 Å². The predicted octanol–water partition coefficient (Wildman–Crippen LogP) is 1.73. The summed E-state index contributed by atoms with van der Waals surface area (Å²) >= 11 is 0. The molecule has 0 spiro atoms. The Morgan fingerprint density at radius 2 is 2.00 bits per heavy atom. The van der Waals surface area contributed by atoms with E-state index in [0.29, 0.717) is 19.4 Å². The molecule has 7 heteroatoms. The molecule has 1 aromatic carbocycles. The standard InChI is InChI=1S/C16H21NO5S/c1-3-11-7-8-12(23(2,21)22)10-13(11)15(18)17-9-5-4-6-14(17)16(19)20/h7-8,10,14H,3-6,9H2,1-2H3,(H,19,20)/t14-/m1/s1. The van der Waals surface area contributed by atoms with Crippen molar-refractivity contribution in [3.8, 4) is 0 Å². The van der Waals surface area contributed by atoms with Crippen LogP contribution in [-0.4, -0.2) is 49.1 Å². The number of carbonyl (C=O) groups excluding carboxylic acids is 1. The molecule has 1 heterocycles. The summed E-state index contributed by atoms with van der Waals surface area (Å²) in [4.78, 5) is 25.7. The SMILES string of the molecule is CCc1ccc(S(C)(=O)=O)cc1C(=O)N1CCCC[C@@H]1C(=O)O. The van der Waals surface area contributed by atoms with E-state index in [9.17, 15) is 23.1 Å². The van der Waals surface area contributed by atoms with Crippen LogP contribution in [0.15, 0.2) is 23.1 Å². The molecule has 0 unspecified atom stereocenters. The quantitative estimate of drug-likeness (QED) is 0.902. The normalized spacial score (nSPS) is 18.7. The Kier molecular flexibility index (Phi) is 5.09. The molecule has 23 heavy (non-hydrogen) atoms. The van der Waals surface area contributed by atoms with Crippen molar-refractivity contribution in [2.75, 3.05) is 12.8 Å². The number of sulfone groups is 1. The van der Waals surface area contributed by atoms with Gasteiger partial charge in [0.2, 0.25) is 0 Å². The number of carbonyl (C=O) groups is 2. The Hall–Kier alpha value is -1.89. The topological polar surface area (TPSA) is 91.8 Å². The van der Waals surface area contributed by atoms with E-state index in [1.807, 2.05) is 6.92 Å². The Morgan fingerprint density at radius 1 is 1.30 bits per heavy atom. The molecule has 1 atom stereocenters. The Morgan fingerprint density at radius 3 is 2.57 bits per heavy atom. The van der Waals surface area contributed by atoms with Crippen LogP contribution < -0.4 is 0 Å². The number of hydrogen-bond donors (Lipinski definition) is 1. The van der Waals surface area contributed by atoms with Crippen LogP contribution in [0.1, 0.15) is 42.1 Å². The molecule has 0 aliphatic carbocycles. The molecule has 1 aliphatic rings. The number of aliphatic carboxylic acids is 1. The van der Waals surface area contributed by atoms with Gasteiger partial charge in [-0.05, 0) is 43.4 Å². The van der Waals surface area contributed by atoms with Gasteiger partial charge in [-0.1, -0.05) is 13.0 Å². The highest BCUT2D eigenvalue weighted by atomic mass is 32.2. The van der Waals surface area contributed by atoms with E-state index in [1.165, 1.54) is 17.0 Å². The van der Waals surface area contributed by atoms with Crippen molar-refractivity contribution in [2.24, 2.45) is 0 Å². The third-order valence-corrected chi connectivity index (χ3v) is 5.28. The molecule has 1 fully saturated rings. The molecular formula is C16H21NO5S. The third kappa shape index (κ3) is 3.72. The summed E-state index contributed by atoms with van der Waals surface area (Å²) in [5, 5.41) is 9.33. The number of piperidine rings is 1. The average molecular weight is 339 g/mol. The van der Waals surface area contributed by atoms with Gasteiger partial charge in [0.15, 0.2) is 9.84 Å². The number of aryl methyl sites for hydroxylation is 1. The van der Waals surface area contributed by atoms with Gasteiger partial charge in [0.25, 0.3) is 5.91 Å². The average Bonchev–Trinajstić information content (AvgIpc) is 2.52. The monoisotopic (exact) mass is 339 g/mol. The van der Waals surface area contributed by atoms with E-state index in [4.69, 9.17) is 0 Å². The van der Waals surface area contributed by atoms with Crippen molar-refractivity contribution in [3.05, 3.63) is 29.3 Å². The summed E-state index contributed by atoms with van der Waals surface area (Å²) in [6.07, 6.45) is 3.60. The van der Waals surface area contributed by atoms with E-state index in [1.54, 1.807) is 6.07 Å². The second kappa shape index (κ2) is 6.70. The fraction of sp³-hybridized carbons (Fsp3) is 0.500. The second-order valence-electron chi connectivity index (χ2n) is 5.79. The lowest BCUT2D eigenvalue weighted by Gasteiger charge is -2.33. The first kappa shape index (κ1) is 17.5. The van der Waals surface area contributed by atoms with Crippen molar-refractivity contribution in [3.63, 3.8) is 0 Å². The fourth-order valence-electron chi connectivity index (χ4n) is 2.88. The second-order valence-corrected chi connectivity index (χ2v) is 7.81. The smallest absolute Gasteiger partial charge is 0.326 e. The van der Waals surface area contributed by atoms with Crippen LogP contribution in [-0.2, 0) is 21.1 Å². The first-order valence-corrected chi connectivity index (χ1v) is 9.51. The van der Waals surface area contributed by atoms with Gasteiger partial charge >= 0.3 is 5.97 Å². The van der Waals surface area contributed by atoms with Crippen LogP contribution in [0.2, 0.25) is 0 Å². The molecule has 0 bridgehead atoms. The maximum Gasteiger partial charge on any atom is 0.326 e. The summed E-state index contributed by atoms with van der Waals surface area (Å²) in [5.41, 5.74) is 1.00. The predicted molar refractivity (Wildman–Crippen MR) is 85.2 cm³/mol. The van der Waals surface area contributed by atoms with Crippen LogP contribution in [0, 0.1) is 0 Å². The minimum Gasteiger partial charge on any atom is -0.480 e. The number of carboxylic acids is 1. The highest BCUT2D eigenvalue weighted by Crippen LogP contribution is 2.24. The van der Waals surface area contributed by atoms with Gasteiger partial charge in [-0.25, -0.2) is 13.2 Å². The molecular weight excluding hydrogens is 318 g/mol. The van der Waals surface area contributed by atoms with Gasteiger partial charge in [0.1, 0.15) is 6.04 Å². The molecule has 1 saturated heterocycles. The number of hydrogen-bond acceptors (Lipinski definition) is 4. The van der Waals surface area contributed by atoms with E-state index >= 15 is 0 Å². The van der Waals surface area contributed by atoms with Crippen LogP contribution in [0.25, 0.3) is 0 Å². The maximum absolute atomic E-state index is 12.8.